The topological polar surface area (TPSA) is 37.4 Å². The van der Waals surface area contributed by atoms with E-state index in [2.05, 4.69) is 6.92 Å². The number of hydrogen-bond donors (Lipinski definition) is 0. The van der Waals surface area contributed by atoms with Crippen LogP contribution in [-0.2, 0) is 0 Å². The van der Waals surface area contributed by atoms with Gasteiger partial charge in [-0.3, -0.25) is 14.5 Å². The van der Waals surface area contributed by atoms with Crippen LogP contribution in [0.5, 0.6) is 0 Å². The van der Waals surface area contributed by atoms with E-state index in [1.807, 2.05) is 12.1 Å². The average molecular weight is 289 g/mol. The highest BCUT2D eigenvalue weighted by Crippen LogP contribution is 2.22. The Balaban J connectivity index is 1.75. The van der Waals surface area contributed by atoms with Crippen molar-refractivity contribution in [1.29, 1.82) is 0 Å². The molecule has 2 amide bonds. The molecule has 3 nitrogen and oxygen atoms in total. The van der Waals surface area contributed by atoms with E-state index in [9.17, 15) is 9.59 Å². The van der Waals surface area contributed by atoms with Crippen molar-refractivity contribution in [1.82, 2.24) is 4.90 Å². The van der Waals surface area contributed by atoms with Crippen LogP contribution in [0.25, 0.3) is 0 Å². The Morgan fingerprint density at radius 1 is 0.950 bits per heavy atom. The largest absolute Gasteiger partial charge is 0.274 e. The van der Waals surface area contributed by atoms with Gasteiger partial charge in [0, 0.05) is 16.1 Å². The maximum absolute atomic E-state index is 12.1. The van der Waals surface area contributed by atoms with Crippen LogP contribution in [0.15, 0.2) is 24.3 Å². The first kappa shape index (κ1) is 15.0. The first-order valence-corrected chi connectivity index (χ1v) is 9.71. The molecular weight excluding hydrogens is 266 g/mol. The Hall–Kier alpha value is -1.42. The molecule has 1 aliphatic rings. The second-order valence-electron chi connectivity index (χ2n) is 5.43. The molecule has 1 heterocycles. The van der Waals surface area contributed by atoms with Crippen LogP contribution in [0.4, 0.5) is 0 Å². The van der Waals surface area contributed by atoms with Gasteiger partial charge >= 0.3 is 0 Å². The molecule has 2 rings (SSSR count). The molecule has 4 heteroatoms. The lowest BCUT2D eigenvalue weighted by Crippen LogP contribution is -2.30. The molecule has 0 aliphatic carbocycles. The molecule has 0 saturated carbocycles. The van der Waals surface area contributed by atoms with Gasteiger partial charge in [-0.05, 0) is 18.6 Å². The Morgan fingerprint density at radius 2 is 1.55 bits per heavy atom. The summed E-state index contributed by atoms with van der Waals surface area (Å²) in [4.78, 5) is 25.7. The molecule has 0 fully saturated rings. The molecule has 0 atom stereocenters. The summed E-state index contributed by atoms with van der Waals surface area (Å²) in [6, 6.07) is 9.94. The van der Waals surface area contributed by atoms with E-state index >= 15 is 0 Å². The number of unbranched alkanes of at least 4 members (excludes halogenated alkanes) is 3. The first-order valence-electron chi connectivity index (χ1n) is 7.71. The van der Waals surface area contributed by atoms with Crippen molar-refractivity contribution in [2.45, 2.75) is 44.7 Å². The molecule has 1 aliphatic heterocycles. The Morgan fingerprint density at radius 3 is 2.15 bits per heavy atom. The van der Waals surface area contributed by atoms with Crippen LogP contribution >= 0.6 is 0 Å². The number of benzene rings is 1. The fraction of sp³-hybridized carbons (Fsp3) is 0.500. The van der Waals surface area contributed by atoms with Gasteiger partial charge in [-0.2, -0.15) is 0 Å². The maximum Gasteiger partial charge on any atom is 0.261 e. The molecule has 0 spiro atoms. The fourth-order valence-electron chi connectivity index (χ4n) is 2.67. The van der Waals surface area contributed by atoms with Gasteiger partial charge in [-0.15, -0.1) is 0 Å². The minimum Gasteiger partial charge on any atom is -0.274 e. The minimum absolute atomic E-state index is 0.121. The van der Waals surface area contributed by atoms with E-state index < -0.39 is 0 Å². The summed E-state index contributed by atoms with van der Waals surface area (Å²) in [5.41, 5.74) is 1.12. The lowest BCUT2D eigenvalue weighted by molar-refractivity contribution is 0.0651. The normalized spacial score (nSPS) is 14.6. The number of hydrogen-bond acceptors (Lipinski definition) is 2. The average Bonchev–Trinajstić information content (AvgIpc) is 2.71. The minimum atomic E-state index is -0.121. The van der Waals surface area contributed by atoms with Gasteiger partial charge in [0.25, 0.3) is 11.8 Å². The van der Waals surface area contributed by atoms with Crippen LogP contribution in [-0.4, -0.2) is 32.8 Å². The predicted molar refractivity (Wildman–Crippen MR) is 84.1 cm³/mol. The predicted octanol–water partition coefficient (Wildman–Crippen LogP) is 2.87. The van der Waals surface area contributed by atoms with Crippen molar-refractivity contribution in [2.75, 3.05) is 6.54 Å². The number of amides is 2. The molecule has 0 radical (unpaired) electrons. The van der Waals surface area contributed by atoms with E-state index in [0.717, 1.165) is 12.8 Å². The Kier molecular flexibility index (Phi) is 5.53. The van der Waals surface area contributed by atoms with Crippen molar-refractivity contribution in [3.05, 3.63) is 35.4 Å². The van der Waals surface area contributed by atoms with Crippen molar-refractivity contribution >= 4 is 21.3 Å². The number of carbonyl (C=O) groups is 2. The third-order valence-corrected chi connectivity index (χ3v) is 5.57. The molecule has 0 bridgehead atoms. The zero-order valence-corrected chi connectivity index (χ0v) is 13.6. The highest BCUT2D eigenvalue weighted by atomic mass is 28.2. The molecule has 1 aromatic carbocycles. The van der Waals surface area contributed by atoms with Crippen molar-refractivity contribution in [3.8, 4) is 0 Å². The molecular formula is C16H23NO2Si. The highest BCUT2D eigenvalue weighted by molar-refractivity contribution is 6.35. The maximum atomic E-state index is 12.1. The highest BCUT2D eigenvalue weighted by Gasteiger charge is 2.34. The van der Waals surface area contributed by atoms with Gasteiger partial charge in [0.2, 0.25) is 0 Å². The van der Waals surface area contributed by atoms with E-state index in [-0.39, 0.29) is 21.3 Å². The second kappa shape index (κ2) is 7.38. The van der Waals surface area contributed by atoms with E-state index in [4.69, 9.17) is 0 Å². The van der Waals surface area contributed by atoms with Crippen LogP contribution in [0.2, 0.25) is 12.1 Å². The number of nitrogens with zero attached hydrogens (tertiary/aromatic N) is 1. The van der Waals surface area contributed by atoms with E-state index in [1.165, 1.54) is 29.8 Å². The molecule has 1 aromatic rings. The molecule has 0 aromatic heterocycles. The van der Waals surface area contributed by atoms with Gasteiger partial charge in [-0.25, -0.2) is 0 Å². The third-order valence-electron chi connectivity index (χ3n) is 3.86. The second-order valence-corrected chi connectivity index (χ2v) is 7.84. The summed E-state index contributed by atoms with van der Waals surface area (Å²) in [5.74, 6) is -0.243. The van der Waals surface area contributed by atoms with Crippen molar-refractivity contribution in [3.63, 3.8) is 0 Å². The number of fused-ring (bicyclic) bond motifs is 1. The fourth-order valence-corrected chi connectivity index (χ4v) is 3.88. The van der Waals surface area contributed by atoms with Gasteiger partial charge < -0.3 is 0 Å². The van der Waals surface area contributed by atoms with Gasteiger partial charge in [0.15, 0.2) is 0 Å². The van der Waals surface area contributed by atoms with Gasteiger partial charge in [-0.1, -0.05) is 50.4 Å². The van der Waals surface area contributed by atoms with Crippen molar-refractivity contribution < 1.29 is 9.59 Å². The smallest absolute Gasteiger partial charge is 0.261 e. The molecule has 0 N–H and O–H groups in total. The Bertz CT molecular complexity index is 452. The number of rotatable bonds is 8. The quantitative estimate of drug-likeness (QED) is 0.419. The summed E-state index contributed by atoms with van der Waals surface area (Å²) < 4.78 is 0. The molecule has 108 valence electrons. The van der Waals surface area contributed by atoms with E-state index in [1.54, 1.807) is 12.1 Å². The molecule has 20 heavy (non-hydrogen) atoms. The lowest BCUT2D eigenvalue weighted by Gasteiger charge is -2.13. The third kappa shape index (κ3) is 3.36. The zero-order chi connectivity index (χ0) is 14.4. The first-order chi connectivity index (χ1) is 9.75. The zero-order valence-electron chi connectivity index (χ0n) is 12.2. The van der Waals surface area contributed by atoms with Crippen LogP contribution in [0, 0.1) is 0 Å². The monoisotopic (exact) mass is 289 g/mol. The van der Waals surface area contributed by atoms with E-state index in [0.29, 0.717) is 17.7 Å². The summed E-state index contributed by atoms with van der Waals surface area (Å²) >= 11 is 0. The van der Waals surface area contributed by atoms with Crippen LogP contribution < -0.4 is 0 Å². The number of carbonyl (C=O) groups excluding carboxylic acids is 2. The lowest BCUT2D eigenvalue weighted by atomic mass is 10.1. The van der Waals surface area contributed by atoms with Gasteiger partial charge in [0.05, 0.1) is 11.1 Å². The SMILES string of the molecule is CC[SiH2]CCCCCCN1C(=O)c2ccccc2C1=O. The summed E-state index contributed by atoms with van der Waals surface area (Å²) in [6.45, 7) is 2.84. The number of imide groups is 1. The summed E-state index contributed by atoms with van der Waals surface area (Å²) in [6.07, 6.45) is 4.60. The molecule has 0 saturated heterocycles. The van der Waals surface area contributed by atoms with Crippen molar-refractivity contribution in [2.24, 2.45) is 0 Å². The standard InChI is InChI=1S/C16H23NO2Si/c1-2-20-12-8-4-3-7-11-17-15(18)13-9-5-6-10-14(13)16(17)19/h5-6,9-10H,2-4,7-8,11-12,20H2,1H3. The Labute approximate surface area is 123 Å². The van der Waals surface area contributed by atoms with Crippen LogP contribution in [0.3, 0.4) is 0 Å². The summed E-state index contributed by atoms with van der Waals surface area (Å²) in [7, 11) is 0.202. The van der Waals surface area contributed by atoms with Crippen LogP contribution in [0.1, 0.15) is 53.3 Å². The van der Waals surface area contributed by atoms with Gasteiger partial charge in [0.1, 0.15) is 0 Å². The molecule has 0 unspecified atom stereocenters. The summed E-state index contributed by atoms with van der Waals surface area (Å²) in [5, 5.41) is 0.